The molecule has 2 heterocycles. The molecule has 8 heteroatoms. The van der Waals surface area contributed by atoms with E-state index in [-0.39, 0.29) is 54.7 Å². The molecule has 1 aliphatic rings. The van der Waals surface area contributed by atoms with Gasteiger partial charge in [0.2, 0.25) is 5.91 Å². The van der Waals surface area contributed by atoms with Crippen LogP contribution in [0.2, 0.25) is 0 Å². The Morgan fingerprint density at radius 1 is 1.07 bits per heavy atom. The highest BCUT2D eigenvalue weighted by Gasteiger charge is 2.40. The number of rotatable bonds is 5. The highest BCUT2D eigenvalue weighted by molar-refractivity contribution is 7.10. The molecule has 1 unspecified atom stereocenters. The van der Waals surface area contributed by atoms with Crippen molar-refractivity contribution in [2.75, 3.05) is 34.2 Å². The Hall–Kier alpha value is -0.820. The van der Waals surface area contributed by atoms with Crippen molar-refractivity contribution in [3.05, 3.63) is 58.3 Å². The maximum absolute atomic E-state index is 13.0. The summed E-state index contributed by atoms with van der Waals surface area (Å²) in [4.78, 5) is 18.8. The largest absolute Gasteiger partial charge is 0.341 e. The Labute approximate surface area is 190 Å². The number of hydrogen-bond donors (Lipinski definition) is 1. The van der Waals surface area contributed by atoms with Gasteiger partial charge in [-0.25, -0.2) is 0 Å². The average Bonchev–Trinajstić information content (AvgIpc) is 3.18. The second kappa shape index (κ2) is 12.0. The van der Waals surface area contributed by atoms with Crippen molar-refractivity contribution < 1.29 is 4.79 Å². The molecule has 4 nitrogen and oxygen atoms in total. The zero-order valence-corrected chi connectivity index (χ0v) is 19.7. The first-order chi connectivity index (χ1) is 12.1. The Morgan fingerprint density at radius 3 is 2.14 bits per heavy atom. The molecule has 0 bridgehead atoms. The van der Waals surface area contributed by atoms with Gasteiger partial charge in [0.1, 0.15) is 6.04 Å². The van der Waals surface area contributed by atoms with Crippen molar-refractivity contribution in [3.63, 3.8) is 0 Å². The molecular formula is C20H30Cl3N3OS. The predicted molar refractivity (Wildman–Crippen MR) is 125 cm³/mol. The van der Waals surface area contributed by atoms with Crippen LogP contribution in [0.1, 0.15) is 29.3 Å². The topological polar surface area (TPSA) is 35.6 Å². The summed E-state index contributed by atoms with van der Waals surface area (Å²) in [5.41, 5.74) is 1.07. The summed E-state index contributed by atoms with van der Waals surface area (Å²) in [6, 6.07) is 14.0. The molecule has 158 valence electrons. The second-order valence-electron chi connectivity index (χ2n) is 6.86. The minimum absolute atomic E-state index is 0. The van der Waals surface area contributed by atoms with Crippen molar-refractivity contribution in [2.24, 2.45) is 0 Å². The molecule has 1 saturated heterocycles. The van der Waals surface area contributed by atoms with E-state index in [1.165, 1.54) is 4.88 Å². The number of hydrogen-bond acceptors (Lipinski definition) is 4. The standard InChI is InChI=1S/C20H27N3OS.3ClH/c1-21-18(16-8-5-4-6-9-16)19(24)23-13-11-20(12-14-23,22(2)3)17-10-7-15-25-17;;;/h4-10,15,18,21H,11-14H2,1-3H3;3*1H. The average molecular weight is 467 g/mol. The molecule has 0 radical (unpaired) electrons. The van der Waals surface area contributed by atoms with Crippen molar-refractivity contribution in [2.45, 2.75) is 24.4 Å². The lowest BCUT2D eigenvalue weighted by Gasteiger charge is -2.46. The third-order valence-electron chi connectivity index (χ3n) is 5.41. The van der Waals surface area contributed by atoms with Crippen LogP contribution in [0.5, 0.6) is 0 Å². The molecule has 1 N–H and O–H groups in total. The number of carbonyl (C=O) groups is 1. The van der Waals surface area contributed by atoms with E-state index in [0.717, 1.165) is 31.5 Å². The van der Waals surface area contributed by atoms with Crippen LogP contribution < -0.4 is 5.32 Å². The molecule has 2 aromatic rings. The van der Waals surface area contributed by atoms with Gasteiger partial charge in [0.05, 0.1) is 5.54 Å². The van der Waals surface area contributed by atoms with Crippen molar-refractivity contribution >= 4 is 54.5 Å². The fourth-order valence-corrected chi connectivity index (χ4v) is 4.88. The van der Waals surface area contributed by atoms with E-state index in [1.807, 2.05) is 53.6 Å². The lowest BCUT2D eigenvalue weighted by molar-refractivity contribution is -0.136. The van der Waals surface area contributed by atoms with Gasteiger partial charge in [0.15, 0.2) is 0 Å². The van der Waals surface area contributed by atoms with Gasteiger partial charge in [-0.1, -0.05) is 36.4 Å². The normalized spacial score (nSPS) is 16.4. The molecule has 0 spiro atoms. The van der Waals surface area contributed by atoms with Crippen LogP contribution in [-0.4, -0.2) is 49.9 Å². The Morgan fingerprint density at radius 2 is 1.68 bits per heavy atom. The zero-order chi connectivity index (χ0) is 17.9. The molecule has 3 rings (SSSR count). The van der Waals surface area contributed by atoms with Crippen LogP contribution in [0, 0.1) is 0 Å². The third-order valence-corrected chi connectivity index (χ3v) is 6.47. The molecule has 1 fully saturated rings. The van der Waals surface area contributed by atoms with Gasteiger partial charge < -0.3 is 10.2 Å². The van der Waals surface area contributed by atoms with Crippen LogP contribution in [0.3, 0.4) is 0 Å². The molecule has 28 heavy (non-hydrogen) atoms. The summed E-state index contributed by atoms with van der Waals surface area (Å²) in [6.45, 7) is 1.58. The Kier molecular flexibility index (Phi) is 11.7. The summed E-state index contributed by atoms with van der Waals surface area (Å²) in [6.07, 6.45) is 1.94. The summed E-state index contributed by atoms with van der Waals surface area (Å²) in [5, 5.41) is 5.33. The van der Waals surface area contributed by atoms with Crippen molar-refractivity contribution in [1.29, 1.82) is 0 Å². The number of piperidine rings is 1. The van der Waals surface area contributed by atoms with E-state index >= 15 is 0 Å². The number of nitrogens with one attached hydrogen (secondary N) is 1. The van der Waals surface area contributed by atoms with E-state index in [9.17, 15) is 4.79 Å². The van der Waals surface area contributed by atoms with Gasteiger partial charge in [-0.2, -0.15) is 0 Å². The number of thiophene rings is 1. The zero-order valence-electron chi connectivity index (χ0n) is 16.5. The van der Waals surface area contributed by atoms with Gasteiger partial charge in [-0.3, -0.25) is 9.69 Å². The lowest BCUT2D eigenvalue weighted by Crippen LogP contribution is -2.53. The van der Waals surface area contributed by atoms with E-state index in [2.05, 4.69) is 41.8 Å². The highest BCUT2D eigenvalue weighted by Crippen LogP contribution is 2.40. The minimum Gasteiger partial charge on any atom is -0.341 e. The Balaban J connectivity index is 0.00000243. The first-order valence-corrected chi connectivity index (χ1v) is 9.69. The Bertz CT molecular complexity index is 690. The number of likely N-dealkylation sites (N-methyl/N-ethyl adjacent to an activating group) is 1. The van der Waals surface area contributed by atoms with Crippen LogP contribution >= 0.6 is 48.6 Å². The van der Waals surface area contributed by atoms with Crippen LogP contribution in [0.25, 0.3) is 0 Å². The molecule has 1 aliphatic heterocycles. The quantitative estimate of drug-likeness (QED) is 0.711. The number of benzene rings is 1. The number of nitrogens with zero attached hydrogens (tertiary/aromatic N) is 2. The number of carbonyl (C=O) groups excluding carboxylic acids is 1. The SMILES string of the molecule is CNC(C(=O)N1CCC(c2cccs2)(N(C)C)CC1)c1ccccc1.Cl.Cl.Cl. The number of likely N-dealkylation sites (tertiary alicyclic amines) is 1. The maximum Gasteiger partial charge on any atom is 0.244 e. The summed E-state index contributed by atoms with van der Waals surface area (Å²) < 4.78 is 0. The molecule has 1 aromatic heterocycles. The first kappa shape index (κ1) is 27.2. The van der Waals surface area contributed by atoms with Crippen LogP contribution in [-0.2, 0) is 10.3 Å². The van der Waals surface area contributed by atoms with Gasteiger partial charge in [-0.05, 0) is 51.0 Å². The van der Waals surface area contributed by atoms with Gasteiger partial charge in [0.25, 0.3) is 0 Å². The fraction of sp³-hybridized carbons (Fsp3) is 0.450. The van der Waals surface area contributed by atoms with Crippen molar-refractivity contribution in [3.8, 4) is 0 Å². The highest BCUT2D eigenvalue weighted by atomic mass is 35.5. The van der Waals surface area contributed by atoms with E-state index in [4.69, 9.17) is 0 Å². The van der Waals surface area contributed by atoms with Crippen LogP contribution in [0.15, 0.2) is 47.8 Å². The first-order valence-electron chi connectivity index (χ1n) is 8.81. The summed E-state index contributed by atoms with van der Waals surface area (Å²) >= 11 is 1.82. The molecule has 1 atom stereocenters. The molecule has 0 saturated carbocycles. The second-order valence-corrected chi connectivity index (χ2v) is 7.81. The predicted octanol–water partition coefficient (Wildman–Crippen LogP) is 4.35. The monoisotopic (exact) mass is 465 g/mol. The molecule has 0 aliphatic carbocycles. The lowest BCUT2D eigenvalue weighted by atomic mass is 9.84. The smallest absolute Gasteiger partial charge is 0.244 e. The third kappa shape index (κ3) is 5.41. The summed E-state index contributed by atoms with van der Waals surface area (Å²) in [7, 11) is 6.16. The fourth-order valence-electron chi connectivity index (χ4n) is 3.82. The van der Waals surface area contributed by atoms with E-state index < -0.39 is 0 Å². The van der Waals surface area contributed by atoms with Crippen LogP contribution in [0.4, 0.5) is 0 Å². The van der Waals surface area contributed by atoms with E-state index in [0.29, 0.717) is 0 Å². The number of halogens is 3. The van der Waals surface area contributed by atoms with Gasteiger partial charge in [-0.15, -0.1) is 48.6 Å². The maximum atomic E-state index is 13.0. The minimum atomic E-state index is -0.269. The molecule has 1 aromatic carbocycles. The van der Waals surface area contributed by atoms with Crippen molar-refractivity contribution in [1.82, 2.24) is 15.1 Å². The van der Waals surface area contributed by atoms with Gasteiger partial charge in [0, 0.05) is 18.0 Å². The van der Waals surface area contributed by atoms with Gasteiger partial charge >= 0.3 is 0 Å². The number of amides is 1. The molecule has 1 amide bonds. The van der Waals surface area contributed by atoms with E-state index in [1.54, 1.807) is 0 Å². The summed E-state index contributed by atoms with van der Waals surface area (Å²) in [5.74, 6) is 0.173. The molecular weight excluding hydrogens is 437 g/mol.